The maximum atomic E-state index is 11.8. The molecule has 1 amide bonds. The molecule has 0 radical (unpaired) electrons. The van der Waals surface area contributed by atoms with Crippen LogP contribution in [0, 0.1) is 16.7 Å². The summed E-state index contributed by atoms with van der Waals surface area (Å²) in [6.45, 7) is 3.68. The maximum Gasteiger partial charge on any atom is 0.226 e. The Bertz CT molecular complexity index is 430. The molecular weight excluding hydrogens is 216 g/mol. The Morgan fingerprint density at radius 1 is 1.41 bits per heavy atom. The number of hydrogen-bond donors (Lipinski definition) is 2. The highest BCUT2D eigenvalue weighted by atomic mass is 16.3. The Labute approximate surface area is 101 Å². The molecule has 1 rings (SSSR count). The number of carbonyl (C=O) groups is 1. The Morgan fingerprint density at radius 3 is 2.53 bits per heavy atom. The van der Waals surface area contributed by atoms with Gasteiger partial charge >= 0.3 is 0 Å². The quantitative estimate of drug-likeness (QED) is 0.774. The molecule has 0 spiro atoms. The molecule has 0 saturated heterocycles. The van der Waals surface area contributed by atoms with E-state index in [9.17, 15) is 4.79 Å². The normalized spacial score (nSPS) is 10.6. The second-order valence-corrected chi connectivity index (χ2v) is 4.57. The van der Waals surface area contributed by atoms with Gasteiger partial charge in [0.05, 0.1) is 6.07 Å². The number of nitriles is 1. The SMILES string of the molecule is CC(C)(Cc1ccc(O)cc1)C(=O)NCC#N. The average molecular weight is 232 g/mol. The van der Waals surface area contributed by atoms with E-state index in [4.69, 9.17) is 10.4 Å². The molecule has 0 aliphatic rings. The van der Waals surface area contributed by atoms with Crippen molar-refractivity contribution in [2.75, 3.05) is 6.54 Å². The summed E-state index contributed by atoms with van der Waals surface area (Å²) >= 11 is 0. The number of phenolic OH excluding ortho intramolecular Hbond substituents is 1. The third kappa shape index (κ3) is 3.80. The fourth-order valence-electron chi connectivity index (χ4n) is 1.56. The lowest BCUT2D eigenvalue weighted by Gasteiger charge is -2.23. The molecule has 1 aromatic rings. The number of rotatable bonds is 4. The highest BCUT2D eigenvalue weighted by molar-refractivity contribution is 5.82. The van der Waals surface area contributed by atoms with Crippen LogP contribution in [0.5, 0.6) is 5.75 Å². The summed E-state index contributed by atoms with van der Waals surface area (Å²) in [5.74, 6) is 0.0626. The van der Waals surface area contributed by atoms with Crippen molar-refractivity contribution in [3.63, 3.8) is 0 Å². The first-order chi connectivity index (χ1) is 7.95. The van der Waals surface area contributed by atoms with Crippen molar-refractivity contribution in [1.29, 1.82) is 5.26 Å². The first-order valence-corrected chi connectivity index (χ1v) is 5.39. The van der Waals surface area contributed by atoms with Gasteiger partial charge in [0.1, 0.15) is 12.3 Å². The van der Waals surface area contributed by atoms with Crippen LogP contribution in [0.3, 0.4) is 0 Å². The molecule has 2 N–H and O–H groups in total. The van der Waals surface area contributed by atoms with Crippen LogP contribution >= 0.6 is 0 Å². The van der Waals surface area contributed by atoms with Crippen LogP contribution in [-0.2, 0) is 11.2 Å². The molecule has 0 bridgehead atoms. The standard InChI is InChI=1S/C13H16N2O2/c1-13(2,12(17)15-8-7-14)9-10-3-5-11(16)6-4-10/h3-6,16H,8-9H2,1-2H3,(H,15,17). The molecule has 4 heteroatoms. The number of amides is 1. The fraction of sp³-hybridized carbons (Fsp3) is 0.385. The first kappa shape index (κ1) is 13.0. The van der Waals surface area contributed by atoms with Crippen LogP contribution in [0.4, 0.5) is 0 Å². The third-order valence-electron chi connectivity index (χ3n) is 2.53. The molecule has 0 aliphatic heterocycles. The highest BCUT2D eigenvalue weighted by Crippen LogP contribution is 2.23. The fourth-order valence-corrected chi connectivity index (χ4v) is 1.56. The first-order valence-electron chi connectivity index (χ1n) is 5.39. The van der Waals surface area contributed by atoms with Crippen molar-refractivity contribution in [1.82, 2.24) is 5.32 Å². The monoisotopic (exact) mass is 232 g/mol. The van der Waals surface area contributed by atoms with Crippen LogP contribution in [0.25, 0.3) is 0 Å². The van der Waals surface area contributed by atoms with Gasteiger partial charge in [0.15, 0.2) is 0 Å². The van der Waals surface area contributed by atoms with E-state index in [-0.39, 0.29) is 18.2 Å². The minimum Gasteiger partial charge on any atom is -0.508 e. The summed E-state index contributed by atoms with van der Waals surface area (Å²) in [4.78, 5) is 11.8. The van der Waals surface area contributed by atoms with E-state index in [2.05, 4.69) is 5.32 Å². The third-order valence-corrected chi connectivity index (χ3v) is 2.53. The van der Waals surface area contributed by atoms with Gasteiger partial charge in [0.25, 0.3) is 0 Å². The van der Waals surface area contributed by atoms with Crippen LogP contribution < -0.4 is 5.32 Å². The van der Waals surface area contributed by atoms with Gasteiger partial charge in [0, 0.05) is 5.41 Å². The van der Waals surface area contributed by atoms with E-state index >= 15 is 0 Å². The zero-order valence-electron chi connectivity index (χ0n) is 10.0. The van der Waals surface area contributed by atoms with Gasteiger partial charge < -0.3 is 10.4 Å². The van der Waals surface area contributed by atoms with Gasteiger partial charge in [-0.3, -0.25) is 4.79 Å². The summed E-state index contributed by atoms with van der Waals surface area (Å²) in [7, 11) is 0. The van der Waals surface area contributed by atoms with Crippen molar-refractivity contribution in [2.24, 2.45) is 5.41 Å². The van der Waals surface area contributed by atoms with E-state index in [1.165, 1.54) is 0 Å². The zero-order chi connectivity index (χ0) is 12.9. The second-order valence-electron chi connectivity index (χ2n) is 4.57. The number of aromatic hydroxyl groups is 1. The van der Waals surface area contributed by atoms with Gasteiger partial charge in [-0.05, 0) is 24.1 Å². The molecule has 4 nitrogen and oxygen atoms in total. The number of hydrogen-bond acceptors (Lipinski definition) is 3. The Balaban J connectivity index is 2.69. The number of nitrogens with zero attached hydrogens (tertiary/aromatic N) is 1. The number of nitrogens with one attached hydrogen (secondary N) is 1. The van der Waals surface area contributed by atoms with Crippen molar-refractivity contribution in [2.45, 2.75) is 20.3 Å². The van der Waals surface area contributed by atoms with Crippen molar-refractivity contribution in [3.8, 4) is 11.8 Å². The van der Waals surface area contributed by atoms with E-state index in [1.807, 2.05) is 19.9 Å². The Morgan fingerprint density at radius 2 is 2.00 bits per heavy atom. The molecule has 0 unspecified atom stereocenters. The predicted octanol–water partition coefficient (Wildman–Crippen LogP) is 1.60. The van der Waals surface area contributed by atoms with Crippen molar-refractivity contribution < 1.29 is 9.90 Å². The summed E-state index contributed by atoms with van der Waals surface area (Å²) in [6, 6.07) is 8.64. The lowest BCUT2D eigenvalue weighted by molar-refractivity contribution is -0.129. The molecule has 1 aromatic carbocycles. The molecule has 0 heterocycles. The topological polar surface area (TPSA) is 73.1 Å². The predicted molar refractivity (Wildman–Crippen MR) is 64.2 cm³/mol. The Hall–Kier alpha value is -2.02. The van der Waals surface area contributed by atoms with E-state index < -0.39 is 5.41 Å². The number of carbonyl (C=O) groups excluding carboxylic acids is 1. The second kappa shape index (κ2) is 5.35. The van der Waals surface area contributed by atoms with Crippen LogP contribution in [-0.4, -0.2) is 17.6 Å². The van der Waals surface area contributed by atoms with Crippen molar-refractivity contribution >= 4 is 5.91 Å². The summed E-state index contributed by atoms with van der Waals surface area (Å²) in [6.07, 6.45) is 0.560. The molecule has 90 valence electrons. The molecule has 0 saturated carbocycles. The minimum atomic E-state index is -0.576. The van der Waals surface area contributed by atoms with E-state index in [0.29, 0.717) is 6.42 Å². The molecule has 17 heavy (non-hydrogen) atoms. The van der Waals surface area contributed by atoms with Gasteiger partial charge in [-0.1, -0.05) is 26.0 Å². The average Bonchev–Trinajstić information content (AvgIpc) is 2.28. The van der Waals surface area contributed by atoms with Crippen LogP contribution in [0.1, 0.15) is 19.4 Å². The zero-order valence-corrected chi connectivity index (χ0v) is 10.0. The van der Waals surface area contributed by atoms with E-state index in [1.54, 1.807) is 24.3 Å². The van der Waals surface area contributed by atoms with Gasteiger partial charge in [0.2, 0.25) is 5.91 Å². The van der Waals surface area contributed by atoms with E-state index in [0.717, 1.165) is 5.56 Å². The summed E-state index contributed by atoms with van der Waals surface area (Å²) in [5, 5.41) is 20.1. The summed E-state index contributed by atoms with van der Waals surface area (Å²) < 4.78 is 0. The largest absolute Gasteiger partial charge is 0.508 e. The molecule has 0 aromatic heterocycles. The van der Waals surface area contributed by atoms with Crippen molar-refractivity contribution in [3.05, 3.63) is 29.8 Å². The molecule has 0 aliphatic carbocycles. The number of benzene rings is 1. The van der Waals surface area contributed by atoms with Gasteiger partial charge in [-0.15, -0.1) is 0 Å². The van der Waals surface area contributed by atoms with Gasteiger partial charge in [-0.25, -0.2) is 0 Å². The van der Waals surface area contributed by atoms with Crippen LogP contribution in [0.2, 0.25) is 0 Å². The highest BCUT2D eigenvalue weighted by Gasteiger charge is 2.27. The lowest BCUT2D eigenvalue weighted by atomic mass is 9.85. The Kier molecular flexibility index (Phi) is 4.11. The minimum absolute atomic E-state index is 0.0256. The summed E-state index contributed by atoms with van der Waals surface area (Å²) in [5.41, 5.74) is 0.397. The molecule has 0 atom stereocenters. The number of phenols is 1. The van der Waals surface area contributed by atoms with Crippen LogP contribution in [0.15, 0.2) is 24.3 Å². The molecule has 0 fully saturated rings. The maximum absolute atomic E-state index is 11.8. The molecular formula is C13H16N2O2. The van der Waals surface area contributed by atoms with Gasteiger partial charge in [-0.2, -0.15) is 5.26 Å². The smallest absolute Gasteiger partial charge is 0.226 e. The lowest BCUT2D eigenvalue weighted by Crippen LogP contribution is -2.38.